The van der Waals surface area contributed by atoms with Crippen LogP contribution in [0.2, 0.25) is 5.02 Å². The third-order valence-corrected chi connectivity index (χ3v) is 7.59. The predicted octanol–water partition coefficient (Wildman–Crippen LogP) is 7.43. The number of allylic oxidation sites excluding steroid dienone is 2. The van der Waals surface area contributed by atoms with Gasteiger partial charge in [-0.1, -0.05) is 41.9 Å². The molecule has 1 unspecified atom stereocenters. The molecule has 4 rings (SSSR count). The zero-order chi connectivity index (χ0) is 33.4. The van der Waals surface area contributed by atoms with E-state index in [-0.39, 0.29) is 12.3 Å². The molecule has 1 aromatic heterocycles. The number of hydrogen-bond donors (Lipinski definition) is 2. The monoisotopic (exact) mass is 667 g/mol. The Hall–Kier alpha value is -4.39. The van der Waals surface area contributed by atoms with Gasteiger partial charge in [0.2, 0.25) is 5.88 Å². The van der Waals surface area contributed by atoms with Gasteiger partial charge in [0.05, 0.1) is 59.4 Å². The summed E-state index contributed by atoms with van der Waals surface area (Å²) in [5, 5.41) is 8.71. The van der Waals surface area contributed by atoms with Crippen molar-refractivity contribution in [1.29, 1.82) is 0 Å². The average Bonchev–Trinajstić information content (AvgIpc) is 3.51. The fourth-order valence-corrected chi connectivity index (χ4v) is 5.44. The van der Waals surface area contributed by atoms with Gasteiger partial charge in [-0.15, -0.1) is 5.10 Å². The molecule has 0 aliphatic carbocycles. The largest absolute Gasteiger partial charge is 0.477 e. The lowest BCUT2D eigenvalue weighted by Gasteiger charge is -2.32. The average molecular weight is 668 g/mol. The van der Waals surface area contributed by atoms with Crippen molar-refractivity contribution in [3.05, 3.63) is 93.0 Å². The Labute approximate surface area is 266 Å². The van der Waals surface area contributed by atoms with E-state index in [4.69, 9.17) is 25.8 Å². The molecule has 1 aliphatic rings. The maximum Gasteiger partial charge on any atom is 0.418 e. The number of carbonyl (C=O) groups excluding carboxylic acids is 2. The van der Waals surface area contributed by atoms with Crippen LogP contribution in [0.15, 0.2) is 71.1 Å². The SMILES string of the molecule is COC(=O)C1=C(CF)NC(C)=C(C(=O)OCCCCCCOc2cc(-c3ccccc3)[nH]n2)C1c1c(F)ccc(Cl)c1C(F)(F)F. The number of aromatic amines is 1. The summed E-state index contributed by atoms with van der Waals surface area (Å²) in [6, 6.07) is 12.8. The Morgan fingerprint density at radius 3 is 2.33 bits per heavy atom. The summed E-state index contributed by atoms with van der Waals surface area (Å²) >= 11 is 5.86. The number of nitrogens with zero attached hydrogens (tertiary/aromatic N) is 1. The highest BCUT2D eigenvalue weighted by atomic mass is 35.5. The molecule has 0 amide bonds. The minimum absolute atomic E-state index is 0.117. The molecule has 1 atom stereocenters. The lowest BCUT2D eigenvalue weighted by molar-refractivity contribution is -0.141. The van der Waals surface area contributed by atoms with E-state index < -0.39 is 69.5 Å². The van der Waals surface area contributed by atoms with Gasteiger partial charge >= 0.3 is 18.1 Å². The van der Waals surface area contributed by atoms with Crippen LogP contribution in [0, 0.1) is 5.82 Å². The van der Waals surface area contributed by atoms with E-state index in [0.29, 0.717) is 50.3 Å². The molecule has 3 aromatic rings. The second-order valence-corrected chi connectivity index (χ2v) is 10.7. The van der Waals surface area contributed by atoms with E-state index >= 15 is 4.39 Å². The molecule has 1 aliphatic heterocycles. The fourth-order valence-electron chi connectivity index (χ4n) is 5.17. The first-order valence-electron chi connectivity index (χ1n) is 14.3. The maximum atomic E-state index is 15.3. The number of hydrogen-bond acceptors (Lipinski definition) is 7. The van der Waals surface area contributed by atoms with Gasteiger partial charge in [-0.3, -0.25) is 5.10 Å². The molecule has 8 nitrogen and oxygen atoms in total. The highest BCUT2D eigenvalue weighted by Crippen LogP contribution is 2.48. The first-order valence-corrected chi connectivity index (χ1v) is 14.7. The van der Waals surface area contributed by atoms with Crippen molar-refractivity contribution in [2.75, 3.05) is 27.0 Å². The van der Waals surface area contributed by atoms with Crippen molar-refractivity contribution in [3.63, 3.8) is 0 Å². The van der Waals surface area contributed by atoms with Gasteiger partial charge in [-0.2, -0.15) is 13.2 Å². The normalized spacial score (nSPS) is 15.1. The number of esters is 2. The minimum atomic E-state index is -5.19. The number of aromatic nitrogens is 2. The fraction of sp³-hybridized carbons (Fsp3) is 0.344. The highest BCUT2D eigenvalue weighted by Gasteiger charge is 2.46. The lowest BCUT2D eigenvalue weighted by Crippen LogP contribution is -2.35. The molecule has 14 heteroatoms. The molecule has 46 heavy (non-hydrogen) atoms. The number of H-pyrrole nitrogens is 1. The van der Waals surface area contributed by atoms with Gasteiger partial charge in [0.25, 0.3) is 0 Å². The quantitative estimate of drug-likeness (QED) is 0.111. The predicted molar refractivity (Wildman–Crippen MR) is 159 cm³/mol. The number of methoxy groups -OCH3 is 1. The Kier molecular flexibility index (Phi) is 11.4. The molecule has 0 saturated carbocycles. The van der Waals surface area contributed by atoms with Crippen LogP contribution in [0.1, 0.15) is 49.7 Å². The van der Waals surface area contributed by atoms with Crippen LogP contribution in [0.4, 0.5) is 22.0 Å². The van der Waals surface area contributed by atoms with Crippen molar-refractivity contribution >= 4 is 23.5 Å². The van der Waals surface area contributed by atoms with Crippen molar-refractivity contribution in [2.24, 2.45) is 0 Å². The molecule has 2 aromatic carbocycles. The number of carbonyl (C=O) groups is 2. The standard InChI is InChI=1S/C32H31ClF5N3O5/c1-18-25(31(43)46-15-9-4-3-8-14-45-24-16-22(40-41-24)19-10-6-5-7-11-19)28(27(30(42)44-2)23(17-34)39-18)26-21(35)13-12-20(33)29(26)32(36,37)38/h5-7,10-13,16,28,39H,3-4,8-9,14-15,17H2,1-2H3,(H,40,41). The highest BCUT2D eigenvalue weighted by molar-refractivity contribution is 6.31. The van der Waals surface area contributed by atoms with Crippen LogP contribution in [-0.2, 0) is 25.2 Å². The molecule has 0 fully saturated rings. The van der Waals surface area contributed by atoms with Crippen LogP contribution in [0.5, 0.6) is 5.88 Å². The number of dihydropyridines is 1. The second kappa shape index (κ2) is 15.3. The van der Waals surface area contributed by atoms with E-state index in [2.05, 4.69) is 15.5 Å². The summed E-state index contributed by atoms with van der Waals surface area (Å²) < 4.78 is 87.6. The van der Waals surface area contributed by atoms with Crippen LogP contribution in [0.3, 0.4) is 0 Å². The molecule has 0 spiro atoms. The Bertz CT molecular complexity index is 1620. The minimum Gasteiger partial charge on any atom is -0.477 e. The van der Waals surface area contributed by atoms with Crippen LogP contribution in [-0.4, -0.2) is 49.1 Å². The molecule has 246 valence electrons. The lowest BCUT2D eigenvalue weighted by atomic mass is 9.78. The molecule has 0 bridgehead atoms. The molecule has 0 radical (unpaired) electrons. The van der Waals surface area contributed by atoms with Crippen molar-refractivity contribution in [3.8, 4) is 17.1 Å². The van der Waals surface area contributed by atoms with E-state index in [1.165, 1.54) is 6.92 Å². The van der Waals surface area contributed by atoms with Crippen LogP contribution in [0.25, 0.3) is 11.3 Å². The Morgan fingerprint density at radius 2 is 1.67 bits per heavy atom. The summed E-state index contributed by atoms with van der Waals surface area (Å²) in [4.78, 5) is 26.1. The van der Waals surface area contributed by atoms with Gasteiger partial charge in [0.1, 0.15) is 12.5 Å². The number of unbranched alkanes of at least 4 members (excludes halogenated alkanes) is 3. The summed E-state index contributed by atoms with van der Waals surface area (Å²) in [5.74, 6) is -5.35. The Morgan fingerprint density at radius 1 is 0.978 bits per heavy atom. The summed E-state index contributed by atoms with van der Waals surface area (Å²) in [6.07, 6.45) is -2.80. The van der Waals surface area contributed by atoms with E-state index in [9.17, 15) is 27.2 Å². The van der Waals surface area contributed by atoms with Crippen LogP contribution < -0.4 is 10.1 Å². The third kappa shape index (κ3) is 7.87. The maximum absolute atomic E-state index is 15.3. The van der Waals surface area contributed by atoms with Crippen molar-refractivity contribution in [1.82, 2.24) is 15.5 Å². The number of halogens is 6. The second-order valence-electron chi connectivity index (χ2n) is 10.3. The van der Waals surface area contributed by atoms with E-state index in [1.54, 1.807) is 6.07 Å². The molecule has 2 heterocycles. The van der Waals surface area contributed by atoms with Gasteiger partial charge < -0.3 is 19.5 Å². The number of ether oxygens (including phenoxy) is 3. The van der Waals surface area contributed by atoms with Gasteiger partial charge in [0.15, 0.2) is 0 Å². The van der Waals surface area contributed by atoms with Gasteiger partial charge in [-0.25, -0.2) is 18.4 Å². The van der Waals surface area contributed by atoms with Gasteiger partial charge in [-0.05, 0) is 50.3 Å². The number of benzene rings is 2. The molecular weight excluding hydrogens is 637 g/mol. The van der Waals surface area contributed by atoms with Crippen molar-refractivity contribution in [2.45, 2.75) is 44.7 Å². The van der Waals surface area contributed by atoms with E-state index in [1.807, 2.05) is 30.3 Å². The first kappa shape index (κ1) is 34.5. The van der Waals surface area contributed by atoms with Crippen molar-refractivity contribution < 1.29 is 45.8 Å². The topological polar surface area (TPSA) is 103 Å². The summed E-state index contributed by atoms with van der Waals surface area (Å²) in [5.41, 5.74) is -2.74. The number of nitrogens with one attached hydrogen (secondary N) is 2. The smallest absolute Gasteiger partial charge is 0.418 e. The third-order valence-electron chi connectivity index (χ3n) is 7.28. The van der Waals surface area contributed by atoms with Crippen LogP contribution >= 0.6 is 11.6 Å². The first-order chi connectivity index (χ1) is 22.0. The summed E-state index contributed by atoms with van der Waals surface area (Å²) in [6.45, 7) is 0.207. The zero-order valence-corrected chi connectivity index (χ0v) is 25.7. The van der Waals surface area contributed by atoms with Gasteiger partial charge in [0, 0.05) is 17.3 Å². The molecular formula is C32H31ClF5N3O5. The molecule has 2 N–H and O–H groups in total. The zero-order valence-electron chi connectivity index (χ0n) is 24.9. The van der Waals surface area contributed by atoms with E-state index in [0.717, 1.165) is 18.4 Å². The number of rotatable bonds is 13. The molecule has 0 saturated heterocycles. The number of alkyl halides is 4. The summed E-state index contributed by atoms with van der Waals surface area (Å²) in [7, 11) is 0.923. The Balaban J connectivity index is 1.41.